The van der Waals surface area contributed by atoms with Crippen LogP contribution in [0.25, 0.3) is 10.1 Å². The van der Waals surface area contributed by atoms with E-state index in [4.69, 9.17) is 5.73 Å². The summed E-state index contributed by atoms with van der Waals surface area (Å²) in [6.07, 6.45) is 0. The Morgan fingerprint density at radius 3 is 2.68 bits per heavy atom. The van der Waals surface area contributed by atoms with E-state index in [-0.39, 0.29) is 0 Å². The molecule has 0 unspecified atom stereocenters. The molecular weight excluding hydrogens is 254 g/mol. The van der Waals surface area contributed by atoms with Gasteiger partial charge in [-0.3, -0.25) is 4.90 Å². The summed E-state index contributed by atoms with van der Waals surface area (Å²) in [4.78, 5) is 4.95. The summed E-state index contributed by atoms with van der Waals surface area (Å²) < 4.78 is 1.37. The first kappa shape index (κ1) is 13.1. The van der Waals surface area contributed by atoms with Gasteiger partial charge >= 0.3 is 0 Å². The van der Waals surface area contributed by atoms with Crippen molar-refractivity contribution in [3.05, 3.63) is 34.7 Å². The average molecular weight is 275 g/mol. The number of thiophene rings is 1. The number of hydrogen-bond donors (Lipinski definition) is 1. The number of benzene rings is 1. The predicted octanol–water partition coefficient (Wildman–Crippen LogP) is 2.11. The SMILES string of the molecule is CN1CCN(Cc2csc3cccc(CN)c23)CC1. The lowest BCUT2D eigenvalue weighted by atomic mass is 10.1. The molecule has 1 aliphatic heterocycles. The molecule has 2 aromatic rings. The highest BCUT2D eigenvalue weighted by Crippen LogP contribution is 2.30. The van der Waals surface area contributed by atoms with Gasteiger partial charge in [0.1, 0.15) is 0 Å². The first-order chi connectivity index (χ1) is 9.28. The highest BCUT2D eigenvalue weighted by Gasteiger charge is 2.16. The zero-order valence-corrected chi connectivity index (χ0v) is 12.2. The zero-order valence-electron chi connectivity index (χ0n) is 11.4. The number of rotatable bonds is 3. The Kier molecular flexibility index (Phi) is 3.84. The minimum atomic E-state index is 0.629. The number of fused-ring (bicyclic) bond motifs is 1. The van der Waals surface area contributed by atoms with E-state index in [1.165, 1.54) is 47.4 Å². The molecular formula is C15H21N3S. The second-order valence-electron chi connectivity index (χ2n) is 5.33. The molecule has 1 saturated heterocycles. The van der Waals surface area contributed by atoms with Crippen molar-refractivity contribution in [3.63, 3.8) is 0 Å². The van der Waals surface area contributed by atoms with Crippen molar-refractivity contribution in [2.24, 2.45) is 5.73 Å². The normalized spacial score (nSPS) is 18.2. The molecule has 0 bridgehead atoms. The molecule has 0 atom stereocenters. The lowest BCUT2D eigenvalue weighted by molar-refractivity contribution is 0.148. The van der Waals surface area contributed by atoms with Gasteiger partial charge in [-0.1, -0.05) is 12.1 Å². The molecule has 0 saturated carbocycles. The second kappa shape index (κ2) is 5.59. The van der Waals surface area contributed by atoms with Crippen LogP contribution in [0.1, 0.15) is 11.1 Å². The minimum Gasteiger partial charge on any atom is -0.326 e. The maximum absolute atomic E-state index is 5.88. The highest BCUT2D eigenvalue weighted by molar-refractivity contribution is 7.17. The summed E-state index contributed by atoms with van der Waals surface area (Å²) in [5.41, 5.74) is 8.61. The van der Waals surface area contributed by atoms with Gasteiger partial charge in [0.15, 0.2) is 0 Å². The maximum Gasteiger partial charge on any atom is 0.0349 e. The van der Waals surface area contributed by atoms with Crippen molar-refractivity contribution in [1.29, 1.82) is 0 Å². The van der Waals surface area contributed by atoms with E-state index in [1.807, 2.05) is 11.3 Å². The summed E-state index contributed by atoms with van der Waals surface area (Å²) >= 11 is 1.84. The van der Waals surface area contributed by atoms with Crippen LogP contribution in [0.15, 0.2) is 23.6 Å². The molecule has 0 aliphatic carbocycles. The fraction of sp³-hybridized carbons (Fsp3) is 0.467. The smallest absolute Gasteiger partial charge is 0.0349 e. The van der Waals surface area contributed by atoms with Gasteiger partial charge in [-0.25, -0.2) is 0 Å². The number of likely N-dealkylation sites (N-methyl/N-ethyl adjacent to an activating group) is 1. The van der Waals surface area contributed by atoms with Gasteiger partial charge in [-0.2, -0.15) is 0 Å². The van der Waals surface area contributed by atoms with E-state index < -0.39 is 0 Å². The highest BCUT2D eigenvalue weighted by atomic mass is 32.1. The molecule has 1 aromatic carbocycles. The molecule has 1 aliphatic rings. The van der Waals surface area contributed by atoms with Gasteiger partial charge in [0.05, 0.1) is 0 Å². The molecule has 0 radical (unpaired) electrons. The molecule has 1 fully saturated rings. The van der Waals surface area contributed by atoms with Crippen LogP contribution in [-0.4, -0.2) is 43.0 Å². The minimum absolute atomic E-state index is 0.629. The van der Waals surface area contributed by atoms with E-state index in [9.17, 15) is 0 Å². The Labute approximate surface area is 118 Å². The zero-order chi connectivity index (χ0) is 13.2. The van der Waals surface area contributed by atoms with Crippen LogP contribution in [0.3, 0.4) is 0 Å². The number of hydrogen-bond acceptors (Lipinski definition) is 4. The fourth-order valence-electron chi connectivity index (χ4n) is 2.77. The van der Waals surface area contributed by atoms with Crippen molar-refractivity contribution in [3.8, 4) is 0 Å². The Morgan fingerprint density at radius 1 is 1.16 bits per heavy atom. The van der Waals surface area contributed by atoms with Crippen LogP contribution in [0, 0.1) is 0 Å². The van der Waals surface area contributed by atoms with Crippen molar-refractivity contribution >= 4 is 21.4 Å². The van der Waals surface area contributed by atoms with E-state index in [2.05, 4.69) is 40.4 Å². The Morgan fingerprint density at radius 2 is 1.95 bits per heavy atom. The molecule has 3 nitrogen and oxygen atoms in total. The summed E-state index contributed by atoms with van der Waals surface area (Å²) in [5, 5.41) is 3.70. The first-order valence-corrected chi connectivity index (χ1v) is 7.75. The fourth-order valence-corrected chi connectivity index (χ4v) is 3.76. The van der Waals surface area contributed by atoms with Crippen molar-refractivity contribution in [2.75, 3.05) is 33.2 Å². The van der Waals surface area contributed by atoms with Crippen molar-refractivity contribution in [1.82, 2.24) is 9.80 Å². The summed E-state index contributed by atoms with van der Waals surface area (Å²) in [7, 11) is 2.20. The first-order valence-electron chi connectivity index (χ1n) is 6.87. The largest absolute Gasteiger partial charge is 0.326 e. The van der Waals surface area contributed by atoms with Crippen molar-refractivity contribution in [2.45, 2.75) is 13.1 Å². The molecule has 0 spiro atoms. The lowest BCUT2D eigenvalue weighted by Gasteiger charge is -2.32. The third-order valence-electron chi connectivity index (χ3n) is 3.97. The molecule has 1 aromatic heterocycles. The predicted molar refractivity (Wildman–Crippen MR) is 82.5 cm³/mol. The number of nitrogens with two attached hydrogens (primary N) is 1. The molecule has 102 valence electrons. The van der Waals surface area contributed by atoms with Gasteiger partial charge in [0.25, 0.3) is 0 Å². The molecule has 3 rings (SSSR count). The standard InChI is InChI=1S/C15H21N3S/c1-17-5-7-18(8-6-17)10-13-11-19-14-4-2-3-12(9-16)15(13)14/h2-4,11H,5-10,16H2,1H3. The molecule has 2 N–H and O–H groups in total. The Bertz CT molecular complexity index is 556. The van der Waals surface area contributed by atoms with Gasteiger partial charge in [0, 0.05) is 49.4 Å². The Balaban J connectivity index is 1.85. The van der Waals surface area contributed by atoms with E-state index in [0.29, 0.717) is 6.54 Å². The second-order valence-corrected chi connectivity index (χ2v) is 6.25. The van der Waals surface area contributed by atoms with E-state index in [1.54, 1.807) is 0 Å². The van der Waals surface area contributed by atoms with Crippen LogP contribution < -0.4 is 5.73 Å². The van der Waals surface area contributed by atoms with Gasteiger partial charge < -0.3 is 10.6 Å². The summed E-state index contributed by atoms with van der Waals surface area (Å²) in [6, 6.07) is 6.47. The van der Waals surface area contributed by atoms with Crippen molar-refractivity contribution < 1.29 is 0 Å². The monoisotopic (exact) mass is 275 g/mol. The van der Waals surface area contributed by atoms with Crippen LogP contribution in [0.2, 0.25) is 0 Å². The topological polar surface area (TPSA) is 32.5 Å². The van der Waals surface area contributed by atoms with Crippen LogP contribution in [0.5, 0.6) is 0 Å². The third-order valence-corrected chi connectivity index (χ3v) is 4.97. The van der Waals surface area contributed by atoms with Crippen LogP contribution in [-0.2, 0) is 13.1 Å². The lowest BCUT2D eigenvalue weighted by Crippen LogP contribution is -2.43. The van der Waals surface area contributed by atoms with Crippen LogP contribution in [0.4, 0.5) is 0 Å². The summed E-state index contributed by atoms with van der Waals surface area (Å²) in [6.45, 7) is 6.36. The van der Waals surface area contributed by atoms with Crippen LogP contribution >= 0.6 is 11.3 Å². The van der Waals surface area contributed by atoms with Gasteiger partial charge in [-0.15, -0.1) is 11.3 Å². The average Bonchev–Trinajstić information content (AvgIpc) is 2.85. The Hall–Kier alpha value is -0.940. The molecule has 0 amide bonds. The number of nitrogens with zero attached hydrogens (tertiary/aromatic N) is 2. The quantitative estimate of drug-likeness (QED) is 0.931. The van der Waals surface area contributed by atoms with Gasteiger partial charge in [-0.05, 0) is 29.6 Å². The van der Waals surface area contributed by atoms with Gasteiger partial charge in [0.2, 0.25) is 0 Å². The molecule has 2 heterocycles. The van der Waals surface area contributed by atoms with E-state index in [0.717, 1.165) is 6.54 Å². The summed E-state index contributed by atoms with van der Waals surface area (Å²) in [5.74, 6) is 0. The third kappa shape index (κ3) is 2.67. The number of piperazine rings is 1. The van der Waals surface area contributed by atoms with E-state index >= 15 is 0 Å². The maximum atomic E-state index is 5.88. The molecule has 19 heavy (non-hydrogen) atoms. The molecule has 4 heteroatoms.